The summed E-state index contributed by atoms with van der Waals surface area (Å²) in [5, 5.41) is 0. The van der Waals surface area contributed by atoms with Crippen molar-refractivity contribution < 1.29 is 9.47 Å². The van der Waals surface area contributed by atoms with Crippen molar-refractivity contribution in [3.63, 3.8) is 0 Å². The van der Waals surface area contributed by atoms with Crippen LogP contribution in [-0.4, -0.2) is 19.3 Å². The first kappa shape index (κ1) is 15.0. The summed E-state index contributed by atoms with van der Waals surface area (Å²) in [4.78, 5) is 0. The lowest BCUT2D eigenvalue weighted by Crippen LogP contribution is -2.39. The Bertz CT molecular complexity index is 344. The van der Waals surface area contributed by atoms with Crippen LogP contribution in [0.1, 0.15) is 45.2 Å². The third kappa shape index (κ3) is 3.47. The molecule has 1 aromatic carbocycles. The second-order valence-corrected chi connectivity index (χ2v) is 4.77. The second-order valence-electron chi connectivity index (χ2n) is 4.77. The van der Waals surface area contributed by atoms with Gasteiger partial charge in [-0.15, -0.1) is 0 Å². The van der Waals surface area contributed by atoms with Crippen molar-refractivity contribution in [2.24, 2.45) is 5.73 Å². The molecule has 0 aliphatic heterocycles. The van der Waals surface area contributed by atoms with E-state index in [4.69, 9.17) is 15.2 Å². The molecule has 0 amide bonds. The largest absolute Gasteiger partial charge is 0.494 e. The van der Waals surface area contributed by atoms with Gasteiger partial charge in [0, 0.05) is 7.11 Å². The SMILES string of the molecule is CCCOc1ccc(C(N)C(C)(CC)OC)cc1. The molecule has 0 aliphatic rings. The second kappa shape index (κ2) is 6.76. The normalized spacial score (nSPS) is 16.1. The highest BCUT2D eigenvalue weighted by molar-refractivity contribution is 5.30. The number of benzene rings is 1. The molecule has 0 saturated carbocycles. The molecular weight excluding hydrogens is 226 g/mol. The minimum Gasteiger partial charge on any atom is -0.494 e. The fourth-order valence-corrected chi connectivity index (χ4v) is 1.84. The van der Waals surface area contributed by atoms with Crippen LogP contribution < -0.4 is 10.5 Å². The summed E-state index contributed by atoms with van der Waals surface area (Å²) >= 11 is 0. The molecule has 1 aromatic rings. The summed E-state index contributed by atoms with van der Waals surface area (Å²) in [5.41, 5.74) is 7.03. The molecule has 3 heteroatoms. The maximum absolute atomic E-state index is 6.28. The minimum absolute atomic E-state index is 0.132. The summed E-state index contributed by atoms with van der Waals surface area (Å²) in [7, 11) is 1.71. The predicted molar refractivity (Wildman–Crippen MR) is 74.9 cm³/mol. The molecular formula is C15H25NO2. The summed E-state index contributed by atoms with van der Waals surface area (Å²) in [6.45, 7) is 6.97. The first-order valence-corrected chi connectivity index (χ1v) is 6.60. The van der Waals surface area contributed by atoms with Gasteiger partial charge in [0.25, 0.3) is 0 Å². The molecule has 0 spiro atoms. The van der Waals surface area contributed by atoms with Crippen molar-refractivity contribution in [2.75, 3.05) is 13.7 Å². The smallest absolute Gasteiger partial charge is 0.119 e. The maximum atomic E-state index is 6.28. The number of methoxy groups -OCH3 is 1. The molecule has 2 atom stereocenters. The average molecular weight is 251 g/mol. The van der Waals surface area contributed by atoms with E-state index in [1.807, 2.05) is 31.2 Å². The van der Waals surface area contributed by atoms with E-state index in [1.54, 1.807) is 7.11 Å². The lowest BCUT2D eigenvalue weighted by molar-refractivity contribution is -0.0194. The van der Waals surface area contributed by atoms with Crippen LogP contribution in [0.15, 0.2) is 24.3 Å². The number of hydrogen-bond acceptors (Lipinski definition) is 3. The Morgan fingerprint density at radius 2 is 1.83 bits per heavy atom. The summed E-state index contributed by atoms with van der Waals surface area (Å²) in [6, 6.07) is 7.84. The van der Waals surface area contributed by atoms with E-state index in [2.05, 4.69) is 13.8 Å². The van der Waals surface area contributed by atoms with Gasteiger partial charge in [-0.25, -0.2) is 0 Å². The van der Waals surface area contributed by atoms with Crippen LogP contribution in [0, 0.1) is 0 Å². The Hall–Kier alpha value is -1.06. The van der Waals surface area contributed by atoms with Crippen molar-refractivity contribution in [3.8, 4) is 5.75 Å². The van der Waals surface area contributed by atoms with E-state index in [-0.39, 0.29) is 11.6 Å². The van der Waals surface area contributed by atoms with Crippen LogP contribution in [-0.2, 0) is 4.74 Å². The molecule has 0 aromatic heterocycles. The molecule has 0 heterocycles. The van der Waals surface area contributed by atoms with Crippen molar-refractivity contribution >= 4 is 0 Å². The topological polar surface area (TPSA) is 44.5 Å². The fraction of sp³-hybridized carbons (Fsp3) is 0.600. The van der Waals surface area contributed by atoms with Crippen LogP contribution >= 0.6 is 0 Å². The highest BCUT2D eigenvalue weighted by Gasteiger charge is 2.30. The Balaban J connectivity index is 2.78. The van der Waals surface area contributed by atoms with Gasteiger partial charge in [0.15, 0.2) is 0 Å². The lowest BCUT2D eigenvalue weighted by atomic mass is 9.88. The number of ether oxygens (including phenoxy) is 2. The Morgan fingerprint density at radius 1 is 1.22 bits per heavy atom. The maximum Gasteiger partial charge on any atom is 0.119 e. The first-order valence-electron chi connectivity index (χ1n) is 6.60. The summed E-state index contributed by atoms with van der Waals surface area (Å²) in [6.07, 6.45) is 1.89. The Labute approximate surface area is 110 Å². The van der Waals surface area contributed by atoms with E-state index >= 15 is 0 Å². The molecule has 102 valence electrons. The third-order valence-corrected chi connectivity index (χ3v) is 3.54. The van der Waals surface area contributed by atoms with Crippen LogP contribution in [0.4, 0.5) is 0 Å². The molecule has 3 nitrogen and oxygen atoms in total. The quantitative estimate of drug-likeness (QED) is 0.808. The average Bonchev–Trinajstić information content (AvgIpc) is 2.44. The van der Waals surface area contributed by atoms with Gasteiger partial charge in [0.1, 0.15) is 5.75 Å². The predicted octanol–water partition coefficient (Wildman–Crippen LogP) is 3.29. The van der Waals surface area contributed by atoms with E-state index < -0.39 is 0 Å². The molecule has 0 fully saturated rings. The van der Waals surface area contributed by atoms with Crippen LogP contribution in [0.25, 0.3) is 0 Å². The van der Waals surface area contributed by atoms with Gasteiger partial charge in [0.2, 0.25) is 0 Å². The molecule has 18 heavy (non-hydrogen) atoms. The minimum atomic E-state index is -0.328. The summed E-state index contributed by atoms with van der Waals surface area (Å²) < 4.78 is 11.1. The zero-order chi connectivity index (χ0) is 13.6. The van der Waals surface area contributed by atoms with Gasteiger partial charge in [-0.1, -0.05) is 26.0 Å². The zero-order valence-electron chi connectivity index (χ0n) is 11.9. The Morgan fingerprint density at radius 3 is 2.28 bits per heavy atom. The monoisotopic (exact) mass is 251 g/mol. The lowest BCUT2D eigenvalue weighted by Gasteiger charge is -2.33. The van der Waals surface area contributed by atoms with Gasteiger partial charge in [-0.2, -0.15) is 0 Å². The molecule has 2 unspecified atom stereocenters. The van der Waals surface area contributed by atoms with E-state index in [0.29, 0.717) is 0 Å². The first-order chi connectivity index (χ1) is 8.57. The van der Waals surface area contributed by atoms with Crippen molar-refractivity contribution in [3.05, 3.63) is 29.8 Å². The van der Waals surface area contributed by atoms with Crippen LogP contribution in [0.5, 0.6) is 5.75 Å². The van der Waals surface area contributed by atoms with Gasteiger partial charge in [-0.3, -0.25) is 0 Å². The number of hydrogen-bond donors (Lipinski definition) is 1. The van der Waals surface area contributed by atoms with Crippen molar-refractivity contribution in [2.45, 2.75) is 45.3 Å². The molecule has 2 N–H and O–H groups in total. The highest BCUT2D eigenvalue weighted by Crippen LogP contribution is 2.30. The molecule has 1 rings (SSSR count). The number of nitrogens with two attached hydrogens (primary N) is 1. The van der Waals surface area contributed by atoms with E-state index in [9.17, 15) is 0 Å². The van der Waals surface area contributed by atoms with E-state index in [1.165, 1.54) is 0 Å². The molecule has 0 aliphatic carbocycles. The van der Waals surface area contributed by atoms with Gasteiger partial charge in [0.05, 0.1) is 18.2 Å². The van der Waals surface area contributed by atoms with E-state index in [0.717, 1.165) is 30.8 Å². The fourth-order valence-electron chi connectivity index (χ4n) is 1.84. The van der Waals surface area contributed by atoms with Crippen LogP contribution in [0.3, 0.4) is 0 Å². The highest BCUT2D eigenvalue weighted by atomic mass is 16.5. The zero-order valence-corrected chi connectivity index (χ0v) is 11.9. The summed E-state index contributed by atoms with van der Waals surface area (Å²) in [5.74, 6) is 0.892. The van der Waals surface area contributed by atoms with Crippen molar-refractivity contribution in [1.82, 2.24) is 0 Å². The standard InChI is InChI=1S/C15H25NO2/c1-5-11-18-13-9-7-12(8-10-13)14(16)15(3,6-2)17-4/h7-10,14H,5-6,11,16H2,1-4H3. The van der Waals surface area contributed by atoms with Crippen LogP contribution in [0.2, 0.25) is 0 Å². The van der Waals surface area contributed by atoms with Gasteiger partial charge in [-0.05, 0) is 37.5 Å². The van der Waals surface area contributed by atoms with Crippen molar-refractivity contribution in [1.29, 1.82) is 0 Å². The molecule has 0 bridgehead atoms. The Kier molecular flexibility index (Phi) is 5.63. The molecule has 0 radical (unpaired) electrons. The molecule has 0 saturated heterocycles. The van der Waals surface area contributed by atoms with Gasteiger partial charge >= 0.3 is 0 Å². The third-order valence-electron chi connectivity index (χ3n) is 3.54. The van der Waals surface area contributed by atoms with Gasteiger partial charge < -0.3 is 15.2 Å². The number of rotatable bonds is 7.